The van der Waals surface area contributed by atoms with Crippen LogP contribution in [0.1, 0.15) is 40.5 Å². The van der Waals surface area contributed by atoms with Crippen LogP contribution >= 0.6 is 0 Å². The molecule has 0 radical (unpaired) electrons. The Labute approximate surface area is 110 Å². The van der Waals surface area contributed by atoms with E-state index in [1.807, 2.05) is 27.7 Å². The van der Waals surface area contributed by atoms with Gasteiger partial charge in [0.25, 0.3) is 0 Å². The highest BCUT2D eigenvalue weighted by molar-refractivity contribution is 5.85. The summed E-state index contributed by atoms with van der Waals surface area (Å²) in [6.45, 7) is 8.34. The minimum absolute atomic E-state index is 0.0311. The lowest BCUT2D eigenvalue weighted by molar-refractivity contribution is -0.135. The van der Waals surface area contributed by atoms with Gasteiger partial charge in [-0.3, -0.25) is 9.59 Å². The fourth-order valence-electron chi connectivity index (χ4n) is 1.56. The van der Waals surface area contributed by atoms with Crippen molar-refractivity contribution in [3.63, 3.8) is 0 Å². The summed E-state index contributed by atoms with van der Waals surface area (Å²) in [7, 11) is 1.65. The third-order valence-corrected chi connectivity index (χ3v) is 2.69. The van der Waals surface area contributed by atoms with Crippen LogP contribution in [0.2, 0.25) is 0 Å². The number of nitrogens with two attached hydrogens (primary N) is 1. The molecule has 0 saturated heterocycles. The van der Waals surface area contributed by atoms with Crippen LogP contribution in [-0.2, 0) is 9.59 Å². The summed E-state index contributed by atoms with van der Waals surface area (Å²) in [6, 6.07) is 0. The van der Waals surface area contributed by atoms with Crippen LogP contribution in [0.5, 0.6) is 0 Å². The van der Waals surface area contributed by atoms with Gasteiger partial charge in [-0.1, -0.05) is 13.3 Å². The van der Waals surface area contributed by atoms with Gasteiger partial charge in [0.2, 0.25) is 11.8 Å². The number of hydrogen-bond donors (Lipinski definition) is 2. The molecule has 106 valence electrons. The topological polar surface area (TPSA) is 75.4 Å². The van der Waals surface area contributed by atoms with Crippen LogP contribution < -0.4 is 11.1 Å². The Morgan fingerprint density at radius 3 is 2.28 bits per heavy atom. The van der Waals surface area contributed by atoms with Gasteiger partial charge in [0.05, 0.1) is 6.54 Å². The number of nitrogens with zero attached hydrogens (tertiary/aromatic N) is 1. The van der Waals surface area contributed by atoms with Gasteiger partial charge < -0.3 is 16.0 Å². The summed E-state index contributed by atoms with van der Waals surface area (Å²) in [5.41, 5.74) is 5.29. The average molecular weight is 257 g/mol. The maximum absolute atomic E-state index is 11.9. The van der Waals surface area contributed by atoms with E-state index in [0.29, 0.717) is 13.0 Å². The highest BCUT2D eigenvalue weighted by Crippen LogP contribution is 2.08. The molecule has 0 fully saturated rings. The van der Waals surface area contributed by atoms with E-state index in [4.69, 9.17) is 5.73 Å². The summed E-state index contributed by atoms with van der Waals surface area (Å²) in [5, 5.41) is 2.83. The lowest BCUT2D eigenvalue weighted by Crippen LogP contribution is -2.46. The lowest BCUT2D eigenvalue weighted by atomic mass is 10.0. The molecule has 0 bridgehead atoms. The Balaban J connectivity index is 4.19. The maximum atomic E-state index is 11.9. The Morgan fingerprint density at radius 2 is 1.89 bits per heavy atom. The first-order valence-corrected chi connectivity index (χ1v) is 6.44. The van der Waals surface area contributed by atoms with Crippen LogP contribution in [0.25, 0.3) is 0 Å². The maximum Gasteiger partial charge on any atom is 0.240 e. The average Bonchev–Trinajstić information content (AvgIpc) is 2.22. The Kier molecular flexibility index (Phi) is 6.91. The van der Waals surface area contributed by atoms with E-state index in [1.165, 1.54) is 4.90 Å². The first-order valence-electron chi connectivity index (χ1n) is 6.44. The molecule has 0 spiro atoms. The summed E-state index contributed by atoms with van der Waals surface area (Å²) >= 11 is 0. The van der Waals surface area contributed by atoms with Crippen LogP contribution in [0.3, 0.4) is 0 Å². The van der Waals surface area contributed by atoms with Crippen molar-refractivity contribution < 1.29 is 9.59 Å². The normalized spacial score (nSPS) is 13.0. The second kappa shape index (κ2) is 7.36. The van der Waals surface area contributed by atoms with Crippen molar-refractivity contribution in [2.45, 2.75) is 46.1 Å². The minimum atomic E-state index is -0.274. The van der Waals surface area contributed by atoms with Crippen molar-refractivity contribution in [2.75, 3.05) is 20.1 Å². The van der Waals surface area contributed by atoms with Gasteiger partial charge >= 0.3 is 0 Å². The smallest absolute Gasteiger partial charge is 0.240 e. The summed E-state index contributed by atoms with van der Waals surface area (Å²) < 4.78 is 0. The predicted molar refractivity (Wildman–Crippen MR) is 73.0 cm³/mol. The second-order valence-electron chi connectivity index (χ2n) is 5.76. The van der Waals surface area contributed by atoms with E-state index in [-0.39, 0.29) is 29.8 Å². The van der Waals surface area contributed by atoms with Crippen LogP contribution in [-0.4, -0.2) is 42.4 Å². The van der Waals surface area contributed by atoms with Crippen LogP contribution in [0.4, 0.5) is 0 Å². The van der Waals surface area contributed by atoms with Gasteiger partial charge in [0.1, 0.15) is 0 Å². The summed E-state index contributed by atoms with van der Waals surface area (Å²) in [6.07, 6.45) is 1.29. The summed E-state index contributed by atoms with van der Waals surface area (Å²) in [5.74, 6) is 0.0288. The molecule has 0 aromatic carbocycles. The van der Waals surface area contributed by atoms with Crippen LogP contribution in [0.15, 0.2) is 0 Å². The van der Waals surface area contributed by atoms with E-state index >= 15 is 0 Å². The van der Waals surface area contributed by atoms with Gasteiger partial charge in [-0.15, -0.1) is 0 Å². The third-order valence-electron chi connectivity index (χ3n) is 2.69. The van der Waals surface area contributed by atoms with Crippen molar-refractivity contribution >= 4 is 11.8 Å². The van der Waals surface area contributed by atoms with Crippen molar-refractivity contribution in [3.8, 4) is 0 Å². The van der Waals surface area contributed by atoms with Gasteiger partial charge in [0.15, 0.2) is 0 Å². The molecule has 0 saturated carbocycles. The number of carbonyl (C=O) groups is 2. The highest BCUT2D eigenvalue weighted by atomic mass is 16.2. The minimum Gasteiger partial charge on any atom is -0.350 e. The number of nitrogens with one attached hydrogen (secondary N) is 1. The van der Waals surface area contributed by atoms with Gasteiger partial charge in [0, 0.05) is 19.0 Å². The van der Waals surface area contributed by atoms with E-state index in [0.717, 1.165) is 6.42 Å². The number of likely N-dealkylation sites (N-methyl/N-ethyl adjacent to an activating group) is 1. The molecule has 0 aliphatic heterocycles. The first kappa shape index (κ1) is 16.9. The van der Waals surface area contributed by atoms with Gasteiger partial charge in [-0.05, 0) is 33.2 Å². The molecule has 1 atom stereocenters. The molecule has 3 N–H and O–H groups in total. The Morgan fingerprint density at radius 1 is 1.33 bits per heavy atom. The van der Waals surface area contributed by atoms with Gasteiger partial charge in [-0.2, -0.15) is 0 Å². The first-order chi connectivity index (χ1) is 8.19. The van der Waals surface area contributed by atoms with E-state index in [1.54, 1.807) is 7.05 Å². The molecule has 0 aromatic heterocycles. The lowest BCUT2D eigenvalue weighted by Gasteiger charge is -2.24. The van der Waals surface area contributed by atoms with E-state index < -0.39 is 0 Å². The molecular formula is C13H27N3O2. The molecule has 0 aliphatic carbocycles. The van der Waals surface area contributed by atoms with E-state index in [2.05, 4.69) is 5.32 Å². The molecule has 0 rings (SSSR count). The zero-order valence-corrected chi connectivity index (χ0v) is 12.2. The zero-order valence-electron chi connectivity index (χ0n) is 12.2. The predicted octanol–water partition coefficient (Wildman–Crippen LogP) is 0.735. The molecule has 1 unspecified atom stereocenters. The molecule has 5 nitrogen and oxygen atoms in total. The zero-order chi connectivity index (χ0) is 14.3. The second-order valence-corrected chi connectivity index (χ2v) is 5.76. The van der Waals surface area contributed by atoms with Crippen molar-refractivity contribution in [1.29, 1.82) is 0 Å². The highest BCUT2D eigenvalue weighted by Gasteiger charge is 2.19. The fraction of sp³-hybridized carbons (Fsp3) is 0.846. The molecule has 0 aliphatic rings. The van der Waals surface area contributed by atoms with E-state index in [9.17, 15) is 9.59 Å². The molecule has 0 aromatic rings. The Bertz CT molecular complexity index is 280. The van der Waals surface area contributed by atoms with Crippen LogP contribution in [0, 0.1) is 5.92 Å². The molecule has 0 heterocycles. The fourth-order valence-corrected chi connectivity index (χ4v) is 1.56. The van der Waals surface area contributed by atoms with Crippen molar-refractivity contribution in [2.24, 2.45) is 11.7 Å². The number of amides is 2. The molecular weight excluding hydrogens is 230 g/mol. The SMILES string of the molecule is CCC(CN)CC(=O)N(C)CC(=O)NC(C)(C)C. The number of hydrogen-bond acceptors (Lipinski definition) is 3. The Hall–Kier alpha value is -1.10. The number of carbonyl (C=O) groups excluding carboxylic acids is 2. The van der Waals surface area contributed by atoms with Gasteiger partial charge in [-0.25, -0.2) is 0 Å². The molecule has 2 amide bonds. The largest absolute Gasteiger partial charge is 0.350 e. The third kappa shape index (κ3) is 7.27. The molecule has 18 heavy (non-hydrogen) atoms. The van der Waals surface area contributed by atoms with Crippen molar-refractivity contribution in [3.05, 3.63) is 0 Å². The standard InChI is InChI=1S/C13H27N3O2/c1-6-10(8-14)7-12(18)16(5)9-11(17)15-13(2,3)4/h10H,6-9,14H2,1-5H3,(H,15,17). The quantitative estimate of drug-likeness (QED) is 0.736. The van der Waals surface area contributed by atoms with Crippen molar-refractivity contribution in [1.82, 2.24) is 10.2 Å². The number of rotatable bonds is 6. The summed E-state index contributed by atoms with van der Waals surface area (Å²) in [4.78, 5) is 25.0. The molecule has 5 heteroatoms. The monoisotopic (exact) mass is 257 g/mol.